The standard InChI is InChI=1S/C35H23N3O/c1-3-11-24(12-4-1)37(25-13-5-2-6-14-25)27-22-31-30-21-26(19-20-34(30)39-35(31)36-23-27)38-32-17-9-7-15-28(32)29-16-8-10-18-33(29)38/h1-23H/p+1. The van der Waals surface area contributed by atoms with E-state index in [4.69, 9.17) is 9.40 Å². The molecular weight excluding hydrogens is 478 g/mol. The Morgan fingerprint density at radius 3 is 1.74 bits per heavy atom. The first kappa shape index (κ1) is 21.7. The lowest BCUT2D eigenvalue weighted by Gasteiger charge is -2.24. The maximum atomic E-state index is 4.87. The third kappa shape index (κ3) is 3.42. The average Bonchev–Trinajstić information content (AvgIpc) is 3.53. The Kier molecular flexibility index (Phi) is 4.79. The van der Waals surface area contributed by atoms with E-state index in [1.165, 1.54) is 21.8 Å². The number of aromatic nitrogens is 2. The fourth-order valence-electron chi connectivity index (χ4n) is 5.75. The number of benzene rings is 5. The highest BCUT2D eigenvalue weighted by Gasteiger charge is 2.20. The number of anilines is 3. The summed E-state index contributed by atoms with van der Waals surface area (Å²) in [6.07, 6.45) is 1.92. The smallest absolute Gasteiger partial charge is 0.372 e. The van der Waals surface area contributed by atoms with Gasteiger partial charge in [0.15, 0.2) is 0 Å². The predicted octanol–water partition coefficient (Wildman–Crippen LogP) is 9.66. The van der Waals surface area contributed by atoms with Gasteiger partial charge in [-0.1, -0.05) is 72.8 Å². The van der Waals surface area contributed by atoms with Gasteiger partial charge in [0, 0.05) is 33.9 Å². The van der Waals surface area contributed by atoms with Gasteiger partial charge >= 0.3 is 5.71 Å². The Labute approximate surface area is 225 Å². The van der Waals surface area contributed by atoms with Gasteiger partial charge in [0.05, 0.1) is 28.3 Å². The van der Waals surface area contributed by atoms with Gasteiger partial charge in [-0.05, 0) is 54.6 Å². The van der Waals surface area contributed by atoms with Crippen LogP contribution in [-0.4, -0.2) is 9.55 Å². The van der Waals surface area contributed by atoms with Crippen molar-refractivity contribution in [2.45, 2.75) is 0 Å². The second-order valence-corrected chi connectivity index (χ2v) is 9.75. The summed E-state index contributed by atoms with van der Waals surface area (Å²) in [5, 5.41) is 4.65. The van der Waals surface area contributed by atoms with Crippen LogP contribution in [0.15, 0.2) is 144 Å². The summed E-state index contributed by atoms with van der Waals surface area (Å²) in [6, 6.07) is 46.8. The van der Waals surface area contributed by atoms with Gasteiger partial charge in [-0.3, -0.25) is 0 Å². The summed E-state index contributed by atoms with van der Waals surface area (Å²) in [4.78, 5) is 7.06. The van der Waals surface area contributed by atoms with Crippen LogP contribution < -0.4 is 4.90 Å². The Morgan fingerprint density at radius 1 is 0.513 bits per heavy atom. The summed E-state index contributed by atoms with van der Waals surface area (Å²) in [5.74, 6) is 0. The Hall–Kier alpha value is -5.35. The van der Waals surface area contributed by atoms with Gasteiger partial charge in [-0.2, -0.15) is 4.98 Å². The first-order chi connectivity index (χ1) is 19.3. The molecule has 3 aromatic heterocycles. The molecule has 5 aromatic carbocycles. The lowest BCUT2D eigenvalue weighted by molar-refractivity contribution is 0.654. The zero-order valence-electron chi connectivity index (χ0n) is 21.1. The first-order valence-corrected chi connectivity index (χ1v) is 13.1. The number of para-hydroxylation sites is 4. The Balaban J connectivity index is 1.36. The van der Waals surface area contributed by atoms with E-state index in [9.17, 15) is 0 Å². The molecule has 0 saturated carbocycles. The predicted molar refractivity (Wildman–Crippen MR) is 162 cm³/mol. The summed E-state index contributed by atoms with van der Waals surface area (Å²) >= 11 is 0. The molecule has 0 fully saturated rings. The highest BCUT2D eigenvalue weighted by Crippen LogP contribution is 2.39. The number of nitrogens with zero attached hydrogens (tertiary/aromatic N) is 3. The number of pyridine rings is 1. The lowest BCUT2D eigenvalue weighted by atomic mass is 10.1. The van der Waals surface area contributed by atoms with Gasteiger partial charge < -0.3 is 13.9 Å². The molecule has 0 radical (unpaired) electrons. The normalized spacial score (nSPS) is 11.6. The van der Waals surface area contributed by atoms with Crippen LogP contribution in [0.4, 0.5) is 17.1 Å². The zero-order valence-corrected chi connectivity index (χ0v) is 21.1. The molecule has 0 spiro atoms. The van der Waals surface area contributed by atoms with E-state index in [1.54, 1.807) is 0 Å². The van der Waals surface area contributed by atoms with Gasteiger partial charge in [-0.25, -0.2) is 0 Å². The molecular formula is C35H24N3O+. The van der Waals surface area contributed by atoms with Gasteiger partial charge in [0.25, 0.3) is 5.58 Å². The van der Waals surface area contributed by atoms with Crippen LogP contribution in [0.5, 0.6) is 0 Å². The fraction of sp³-hybridized carbons (Fsp3) is 0. The molecule has 184 valence electrons. The second-order valence-electron chi connectivity index (χ2n) is 9.75. The van der Waals surface area contributed by atoms with Crippen LogP contribution in [0.3, 0.4) is 0 Å². The van der Waals surface area contributed by atoms with E-state index in [1.807, 2.05) is 18.3 Å². The summed E-state index contributed by atoms with van der Waals surface area (Å²) in [6.45, 7) is 0. The van der Waals surface area contributed by atoms with Gasteiger partial charge in [0.1, 0.15) is 5.39 Å². The van der Waals surface area contributed by atoms with E-state index < -0.39 is 0 Å². The second kappa shape index (κ2) is 8.61. The third-order valence-corrected chi connectivity index (χ3v) is 7.47. The van der Waals surface area contributed by atoms with Crippen molar-refractivity contribution in [3.8, 4) is 5.69 Å². The summed E-state index contributed by atoms with van der Waals surface area (Å²) in [5.41, 5.74) is 8.37. The minimum absolute atomic E-state index is 0.759. The van der Waals surface area contributed by atoms with Crippen LogP contribution in [0.1, 0.15) is 0 Å². The molecule has 3 heterocycles. The maximum Gasteiger partial charge on any atom is 0.372 e. The van der Waals surface area contributed by atoms with Crippen LogP contribution in [-0.2, 0) is 0 Å². The van der Waals surface area contributed by atoms with Crippen LogP contribution in [0, 0.1) is 0 Å². The molecule has 0 aliphatic heterocycles. The number of hydrogen-bond acceptors (Lipinski definition) is 2. The monoisotopic (exact) mass is 502 g/mol. The van der Waals surface area contributed by atoms with E-state index >= 15 is 0 Å². The minimum atomic E-state index is 0.759. The minimum Gasteiger partial charge on any atom is -0.531 e. The highest BCUT2D eigenvalue weighted by molar-refractivity contribution is 6.10. The Bertz CT molecular complexity index is 2030. The molecule has 4 nitrogen and oxygen atoms in total. The van der Waals surface area contributed by atoms with E-state index in [0.717, 1.165) is 44.8 Å². The van der Waals surface area contributed by atoms with Crippen molar-refractivity contribution in [2.24, 2.45) is 0 Å². The SMILES string of the molecule is c1ccc(N(c2ccccc2)c2cnc3[oH+]c4ccc(-n5c6ccccc6c6ccccc65)cc4c3c2)cc1. The molecule has 8 aromatic rings. The molecule has 0 aliphatic carbocycles. The van der Waals surface area contributed by atoms with E-state index in [0.29, 0.717) is 0 Å². The molecule has 0 amide bonds. The molecule has 39 heavy (non-hydrogen) atoms. The molecule has 0 bridgehead atoms. The number of furan rings is 1. The van der Waals surface area contributed by atoms with Gasteiger partial charge in [-0.15, -0.1) is 0 Å². The van der Waals surface area contributed by atoms with Crippen molar-refractivity contribution in [1.29, 1.82) is 0 Å². The molecule has 0 aliphatic rings. The van der Waals surface area contributed by atoms with Crippen LogP contribution in [0.2, 0.25) is 0 Å². The van der Waals surface area contributed by atoms with Gasteiger partial charge in [0.2, 0.25) is 0 Å². The number of fused-ring (bicyclic) bond motifs is 6. The van der Waals surface area contributed by atoms with Crippen LogP contribution >= 0.6 is 0 Å². The van der Waals surface area contributed by atoms with Crippen LogP contribution in [0.25, 0.3) is 49.6 Å². The lowest BCUT2D eigenvalue weighted by Crippen LogP contribution is -2.09. The van der Waals surface area contributed by atoms with E-state index in [-0.39, 0.29) is 0 Å². The quantitative estimate of drug-likeness (QED) is 0.225. The fourth-order valence-corrected chi connectivity index (χ4v) is 5.75. The molecule has 0 saturated heterocycles. The van der Waals surface area contributed by atoms with Crippen molar-refractivity contribution in [2.75, 3.05) is 4.90 Å². The third-order valence-electron chi connectivity index (χ3n) is 7.47. The molecule has 8 rings (SSSR count). The molecule has 1 N–H and O–H groups in total. The molecule has 0 atom stereocenters. The highest BCUT2D eigenvalue weighted by atomic mass is 16.3. The average molecular weight is 503 g/mol. The number of hydrogen-bond donors (Lipinski definition) is 0. The zero-order chi connectivity index (χ0) is 25.8. The Morgan fingerprint density at radius 2 is 1.10 bits per heavy atom. The summed E-state index contributed by atoms with van der Waals surface area (Å²) in [7, 11) is 0. The maximum absolute atomic E-state index is 4.87. The first-order valence-electron chi connectivity index (χ1n) is 13.1. The van der Waals surface area contributed by atoms with Crippen molar-refractivity contribution in [3.05, 3.63) is 140 Å². The van der Waals surface area contributed by atoms with Crippen molar-refractivity contribution in [3.63, 3.8) is 0 Å². The van der Waals surface area contributed by atoms with Crippen molar-refractivity contribution >= 4 is 60.9 Å². The number of rotatable bonds is 4. The van der Waals surface area contributed by atoms with Crippen molar-refractivity contribution < 1.29 is 4.42 Å². The summed E-state index contributed by atoms with van der Waals surface area (Å²) < 4.78 is 7.22. The largest absolute Gasteiger partial charge is 0.531 e. The topological polar surface area (TPSA) is 33.9 Å². The molecule has 4 heteroatoms. The molecule has 0 unspecified atom stereocenters. The van der Waals surface area contributed by atoms with E-state index in [2.05, 4.69) is 131 Å². The van der Waals surface area contributed by atoms with Crippen molar-refractivity contribution in [1.82, 2.24) is 9.55 Å².